The van der Waals surface area contributed by atoms with Crippen LogP contribution < -0.4 is 5.73 Å². The van der Waals surface area contributed by atoms with Crippen molar-refractivity contribution in [2.75, 3.05) is 0 Å². The number of nitrogens with two attached hydrogens (primary N) is 1. The van der Waals surface area contributed by atoms with Gasteiger partial charge in [0.15, 0.2) is 0 Å². The van der Waals surface area contributed by atoms with Crippen molar-refractivity contribution in [2.45, 2.75) is 4.90 Å². The van der Waals surface area contributed by atoms with E-state index in [4.69, 9.17) is 16.4 Å². The number of amides is 1. The predicted octanol–water partition coefficient (Wildman–Crippen LogP) is 2.03. The summed E-state index contributed by atoms with van der Waals surface area (Å²) < 4.78 is 0. The molecule has 2 N–H and O–H groups in total. The highest BCUT2D eigenvalue weighted by atomic mass is 35.7. The van der Waals surface area contributed by atoms with E-state index in [0.717, 1.165) is 11.0 Å². The van der Waals surface area contributed by atoms with Crippen LogP contribution in [0.2, 0.25) is 0 Å². The van der Waals surface area contributed by atoms with Crippen LogP contribution in [0.5, 0.6) is 0 Å². The molecule has 58 valence electrons. The Morgan fingerprint density at radius 1 is 1.45 bits per heavy atom. The third kappa shape index (κ3) is 1.88. The Morgan fingerprint density at radius 2 is 2.09 bits per heavy atom. The first-order valence-corrected chi connectivity index (χ1v) is 4.57. The van der Waals surface area contributed by atoms with Gasteiger partial charge < -0.3 is 5.73 Å². The summed E-state index contributed by atoms with van der Waals surface area (Å²) in [7, 11) is 6.48. The average molecular weight is 188 g/mol. The van der Waals surface area contributed by atoms with Gasteiger partial charge in [0.2, 0.25) is 5.91 Å². The molecule has 0 saturated heterocycles. The summed E-state index contributed by atoms with van der Waals surface area (Å²) in [5, 5.41) is 0. The van der Waals surface area contributed by atoms with E-state index in [1.807, 2.05) is 0 Å². The normalized spacial score (nSPS) is 9.55. The van der Waals surface area contributed by atoms with Crippen LogP contribution in [-0.4, -0.2) is 5.91 Å². The quantitative estimate of drug-likeness (QED) is 0.770. The van der Waals surface area contributed by atoms with Crippen LogP contribution in [0.4, 0.5) is 0 Å². The van der Waals surface area contributed by atoms with Crippen molar-refractivity contribution in [3.63, 3.8) is 0 Å². The highest BCUT2D eigenvalue weighted by Gasteiger charge is 2.05. The predicted molar refractivity (Wildman–Crippen MR) is 46.7 cm³/mol. The molecule has 0 aliphatic rings. The summed E-state index contributed by atoms with van der Waals surface area (Å²) in [6, 6.07) is 6.94. The summed E-state index contributed by atoms with van der Waals surface area (Å²) in [6.45, 7) is 0. The van der Waals surface area contributed by atoms with E-state index in [0.29, 0.717) is 10.5 Å². The highest BCUT2D eigenvalue weighted by Crippen LogP contribution is 2.25. The first-order valence-electron chi connectivity index (χ1n) is 2.93. The lowest BCUT2D eigenvalue weighted by Gasteiger charge is -1.99. The molecule has 0 aliphatic carbocycles. The van der Waals surface area contributed by atoms with Crippen LogP contribution in [0.25, 0.3) is 0 Å². The molecule has 0 spiro atoms. The Labute approximate surface area is 73.2 Å². The van der Waals surface area contributed by atoms with E-state index < -0.39 is 5.91 Å². The van der Waals surface area contributed by atoms with E-state index in [-0.39, 0.29) is 0 Å². The SMILES string of the molecule is NC(=O)c1ccccc1SCl. The van der Waals surface area contributed by atoms with Crippen LogP contribution in [-0.2, 0) is 0 Å². The molecule has 0 radical (unpaired) electrons. The molecule has 0 aromatic heterocycles. The molecule has 1 aromatic carbocycles. The lowest BCUT2D eigenvalue weighted by Crippen LogP contribution is -2.11. The zero-order chi connectivity index (χ0) is 8.27. The first-order chi connectivity index (χ1) is 5.25. The van der Waals surface area contributed by atoms with Gasteiger partial charge in [-0.2, -0.15) is 0 Å². The zero-order valence-electron chi connectivity index (χ0n) is 5.58. The number of benzene rings is 1. The van der Waals surface area contributed by atoms with Gasteiger partial charge in [0.1, 0.15) is 0 Å². The maximum absolute atomic E-state index is 10.7. The molecular formula is C7H6ClNOS. The Hall–Kier alpha value is -0.670. The van der Waals surface area contributed by atoms with Gasteiger partial charge in [-0.15, -0.1) is 0 Å². The number of halogens is 1. The summed E-state index contributed by atoms with van der Waals surface area (Å²) in [5.41, 5.74) is 5.54. The minimum atomic E-state index is -0.450. The summed E-state index contributed by atoms with van der Waals surface area (Å²) in [5.74, 6) is -0.450. The maximum atomic E-state index is 10.7. The minimum Gasteiger partial charge on any atom is -0.366 e. The van der Waals surface area contributed by atoms with Crippen molar-refractivity contribution in [1.29, 1.82) is 0 Å². The molecule has 0 heterocycles. The van der Waals surface area contributed by atoms with Crippen molar-refractivity contribution >= 4 is 27.6 Å². The van der Waals surface area contributed by atoms with E-state index in [1.54, 1.807) is 24.3 Å². The molecule has 1 amide bonds. The fraction of sp³-hybridized carbons (Fsp3) is 0. The molecule has 0 atom stereocenters. The molecule has 0 aliphatic heterocycles. The highest BCUT2D eigenvalue weighted by molar-refractivity contribution is 8.21. The van der Waals surface area contributed by atoms with Crippen molar-refractivity contribution in [1.82, 2.24) is 0 Å². The van der Waals surface area contributed by atoms with Crippen LogP contribution in [0.1, 0.15) is 10.4 Å². The van der Waals surface area contributed by atoms with E-state index in [2.05, 4.69) is 0 Å². The lowest BCUT2D eigenvalue weighted by molar-refractivity contribution is 0.0997. The number of primary amides is 1. The third-order valence-electron chi connectivity index (χ3n) is 1.24. The fourth-order valence-corrected chi connectivity index (χ4v) is 1.52. The van der Waals surface area contributed by atoms with Gasteiger partial charge in [-0.05, 0) is 33.8 Å². The Bertz CT molecular complexity index is 277. The average Bonchev–Trinajstić information content (AvgIpc) is 2.04. The fourth-order valence-electron chi connectivity index (χ4n) is 0.737. The molecule has 11 heavy (non-hydrogen) atoms. The molecule has 1 aromatic rings. The van der Waals surface area contributed by atoms with Gasteiger partial charge in [0, 0.05) is 4.90 Å². The minimum absolute atomic E-state index is 0.450. The molecular weight excluding hydrogens is 182 g/mol. The van der Waals surface area contributed by atoms with Crippen molar-refractivity contribution in [3.8, 4) is 0 Å². The van der Waals surface area contributed by atoms with Gasteiger partial charge in [0.25, 0.3) is 0 Å². The molecule has 0 saturated carbocycles. The molecule has 0 fully saturated rings. The van der Waals surface area contributed by atoms with Crippen LogP contribution in [0.3, 0.4) is 0 Å². The van der Waals surface area contributed by atoms with Crippen LogP contribution in [0.15, 0.2) is 29.2 Å². The van der Waals surface area contributed by atoms with Gasteiger partial charge in [-0.3, -0.25) is 4.79 Å². The zero-order valence-corrected chi connectivity index (χ0v) is 7.15. The second kappa shape index (κ2) is 3.64. The van der Waals surface area contributed by atoms with Gasteiger partial charge >= 0.3 is 0 Å². The van der Waals surface area contributed by atoms with Crippen LogP contribution in [0, 0.1) is 0 Å². The number of hydrogen-bond donors (Lipinski definition) is 1. The van der Waals surface area contributed by atoms with Gasteiger partial charge in [-0.25, -0.2) is 0 Å². The second-order valence-electron chi connectivity index (χ2n) is 1.94. The van der Waals surface area contributed by atoms with Gasteiger partial charge in [0.05, 0.1) is 5.56 Å². The number of hydrogen-bond acceptors (Lipinski definition) is 2. The van der Waals surface area contributed by atoms with Gasteiger partial charge in [-0.1, -0.05) is 12.1 Å². The van der Waals surface area contributed by atoms with E-state index in [1.165, 1.54) is 0 Å². The number of carbonyl (C=O) groups excluding carboxylic acids is 1. The third-order valence-corrected chi connectivity index (χ3v) is 2.26. The standard InChI is InChI=1S/C7H6ClNOS/c8-11-6-4-2-1-3-5(6)7(9)10/h1-4H,(H2,9,10). The first kappa shape index (κ1) is 8.43. The van der Waals surface area contributed by atoms with Crippen molar-refractivity contribution < 1.29 is 4.79 Å². The Morgan fingerprint density at radius 3 is 2.55 bits per heavy atom. The number of carbonyl (C=O) groups is 1. The van der Waals surface area contributed by atoms with Crippen molar-refractivity contribution in [3.05, 3.63) is 29.8 Å². The maximum Gasteiger partial charge on any atom is 0.249 e. The topological polar surface area (TPSA) is 43.1 Å². The molecule has 2 nitrogen and oxygen atoms in total. The lowest BCUT2D eigenvalue weighted by atomic mass is 10.2. The molecule has 1 rings (SSSR count). The van der Waals surface area contributed by atoms with E-state index in [9.17, 15) is 4.79 Å². The van der Waals surface area contributed by atoms with Crippen LogP contribution >= 0.6 is 21.7 Å². The van der Waals surface area contributed by atoms with E-state index >= 15 is 0 Å². The number of rotatable bonds is 2. The van der Waals surface area contributed by atoms with Crippen molar-refractivity contribution in [2.24, 2.45) is 5.73 Å². The second-order valence-corrected chi connectivity index (χ2v) is 2.99. The largest absolute Gasteiger partial charge is 0.366 e. The summed E-state index contributed by atoms with van der Waals surface area (Å²) >= 11 is 0. The monoisotopic (exact) mass is 187 g/mol. The molecule has 0 bridgehead atoms. The Kier molecular flexibility index (Phi) is 2.79. The Balaban J connectivity index is 3.12. The molecule has 0 unspecified atom stereocenters. The smallest absolute Gasteiger partial charge is 0.249 e. The molecule has 4 heteroatoms. The summed E-state index contributed by atoms with van der Waals surface area (Å²) in [4.78, 5) is 11.4. The summed E-state index contributed by atoms with van der Waals surface area (Å²) in [6.07, 6.45) is 0.